The molecular formula is C9H20N2O. The van der Waals surface area contributed by atoms with Crippen LogP contribution >= 0.6 is 0 Å². The van der Waals surface area contributed by atoms with Gasteiger partial charge in [0.15, 0.2) is 0 Å². The normalized spacial score (nSPS) is 22.5. The topological polar surface area (TPSA) is 38.5 Å². The van der Waals surface area contributed by atoms with Gasteiger partial charge in [0.25, 0.3) is 0 Å². The number of morpholine rings is 1. The molecule has 12 heavy (non-hydrogen) atoms. The second-order valence-corrected chi connectivity index (χ2v) is 3.46. The van der Waals surface area contributed by atoms with Crippen molar-refractivity contribution in [2.45, 2.75) is 25.8 Å². The highest BCUT2D eigenvalue weighted by Gasteiger charge is 2.12. The van der Waals surface area contributed by atoms with E-state index in [-0.39, 0.29) is 0 Å². The molecule has 1 atom stereocenters. The minimum Gasteiger partial charge on any atom is -0.379 e. The summed E-state index contributed by atoms with van der Waals surface area (Å²) in [5.74, 6) is 0. The molecule has 0 amide bonds. The zero-order chi connectivity index (χ0) is 8.81. The van der Waals surface area contributed by atoms with Crippen LogP contribution in [0, 0.1) is 0 Å². The van der Waals surface area contributed by atoms with Crippen molar-refractivity contribution in [2.24, 2.45) is 5.73 Å². The molecule has 1 saturated heterocycles. The number of ether oxygens (including phenoxy) is 1. The Morgan fingerprint density at radius 3 is 2.67 bits per heavy atom. The lowest BCUT2D eigenvalue weighted by Crippen LogP contribution is -2.43. The summed E-state index contributed by atoms with van der Waals surface area (Å²) in [4.78, 5) is 2.39. The first kappa shape index (κ1) is 9.96. The second kappa shape index (κ2) is 5.51. The van der Waals surface area contributed by atoms with Gasteiger partial charge in [-0.1, -0.05) is 13.3 Å². The first-order valence-corrected chi connectivity index (χ1v) is 4.88. The third-order valence-electron chi connectivity index (χ3n) is 2.26. The highest BCUT2D eigenvalue weighted by molar-refractivity contribution is 4.69. The van der Waals surface area contributed by atoms with E-state index in [9.17, 15) is 0 Å². The van der Waals surface area contributed by atoms with Crippen LogP contribution < -0.4 is 5.73 Å². The average Bonchev–Trinajstić information content (AvgIpc) is 2.06. The van der Waals surface area contributed by atoms with E-state index in [0.29, 0.717) is 6.04 Å². The van der Waals surface area contributed by atoms with Crippen molar-refractivity contribution in [3.8, 4) is 0 Å². The molecule has 0 spiro atoms. The fourth-order valence-electron chi connectivity index (χ4n) is 1.58. The summed E-state index contributed by atoms with van der Waals surface area (Å²) >= 11 is 0. The molecule has 0 radical (unpaired) electrons. The zero-order valence-electron chi connectivity index (χ0n) is 7.96. The van der Waals surface area contributed by atoms with Gasteiger partial charge in [0.05, 0.1) is 13.2 Å². The Bertz CT molecular complexity index is 113. The van der Waals surface area contributed by atoms with Gasteiger partial charge in [-0.2, -0.15) is 0 Å². The molecule has 72 valence electrons. The maximum absolute atomic E-state index is 5.93. The summed E-state index contributed by atoms with van der Waals surface area (Å²) in [6, 6.07) is 0.355. The van der Waals surface area contributed by atoms with E-state index in [0.717, 1.165) is 39.3 Å². The van der Waals surface area contributed by atoms with E-state index >= 15 is 0 Å². The Labute approximate surface area is 74.9 Å². The van der Waals surface area contributed by atoms with Crippen molar-refractivity contribution < 1.29 is 4.74 Å². The molecule has 0 aliphatic carbocycles. The van der Waals surface area contributed by atoms with Crippen LogP contribution in [-0.2, 0) is 4.74 Å². The number of rotatable bonds is 4. The van der Waals surface area contributed by atoms with Crippen molar-refractivity contribution in [1.29, 1.82) is 0 Å². The van der Waals surface area contributed by atoms with E-state index < -0.39 is 0 Å². The molecule has 3 nitrogen and oxygen atoms in total. The van der Waals surface area contributed by atoms with E-state index in [4.69, 9.17) is 10.5 Å². The lowest BCUT2D eigenvalue weighted by Gasteiger charge is -2.28. The Hall–Kier alpha value is -0.120. The molecule has 0 aromatic heterocycles. The van der Waals surface area contributed by atoms with Crippen molar-refractivity contribution in [3.05, 3.63) is 0 Å². The quantitative estimate of drug-likeness (QED) is 0.669. The highest BCUT2D eigenvalue weighted by Crippen LogP contribution is 2.00. The molecule has 3 heteroatoms. The predicted octanol–water partition coefficient (Wildman–Crippen LogP) is 0.446. The predicted molar refractivity (Wildman–Crippen MR) is 50.1 cm³/mol. The molecule has 1 heterocycles. The Morgan fingerprint density at radius 2 is 2.08 bits per heavy atom. The molecular weight excluding hydrogens is 152 g/mol. The molecule has 1 fully saturated rings. The second-order valence-electron chi connectivity index (χ2n) is 3.46. The molecule has 0 saturated carbocycles. The van der Waals surface area contributed by atoms with Crippen LogP contribution in [0.2, 0.25) is 0 Å². The van der Waals surface area contributed by atoms with Gasteiger partial charge in [0.1, 0.15) is 0 Å². The van der Waals surface area contributed by atoms with Gasteiger partial charge < -0.3 is 10.5 Å². The lowest BCUT2D eigenvalue weighted by molar-refractivity contribution is 0.0349. The van der Waals surface area contributed by atoms with E-state index in [1.165, 1.54) is 6.42 Å². The van der Waals surface area contributed by atoms with Crippen LogP contribution in [0.3, 0.4) is 0 Å². The fraction of sp³-hybridized carbons (Fsp3) is 1.00. The van der Waals surface area contributed by atoms with Gasteiger partial charge in [-0.05, 0) is 6.42 Å². The van der Waals surface area contributed by atoms with Crippen LogP contribution in [0.1, 0.15) is 19.8 Å². The molecule has 1 rings (SSSR count). The molecule has 0 unspecified atom stereocenters. The number of nitrogens with zero attached hydrogens (tertiary/aromatic N) is 1. The SMILES string of the molecule is CCC[C@H](N)CN1CCOCC1. The third kappa shape index (κ3) is 3.52. The maximum Gasteiger partial charge on any atom is 0.0594 e. The smallest absolute Gasteiger partial charge is 0.0594 e. The van der Waals surface area contributed by atoms with E-state index in [1.807, 2.05) is 0 Å². The number of hydrogen-bond donors (Lipinski definition) is 1. The first-order valence-electron chi connectivity index (χ1n) is 4.88. The standard InChI is InChI=1S/C9H20N2O/c1-2-3-9(10)8-11-4-6-12-7-5-11/h9H,2-8,10H2,1H3/t9-/m0/s1. The van der Waals surface area contributed by atoms with Crippen LogP contribution in [0.4, 0.5) is 0 Å². The van der Waals surface area contributed by atoms with Crippen molar-refractivity contribution >= 4 is 0 Å². The van der Waals surface area contributed by atoms with Crippen LogP contribution in [0.25, 0.3) is 0 Å². The van der Waals surface area contributed by atoms with Crippen LogP contribution in [0.5, 0.6) is 0 Å². The minimum absolute atomic E-state index is 0.355. The van der Waals surface area contributed by atoms with Gasteiger partial charge in [-0.25, -0.2) is 0 Å². The van der Waals surface area contributed by atoms with Crippen molar-refractivity contribution in [3.63, 3.8) is 0 Å². The van der Waals surface area contributed by atoms with Gasteiger partial charge in [0.2, 0.25) is 0 Å². The fourth-order valence-corrected chi connectivity index (χ4v) is 1.58. The largest absolute Gasteiger partial charge is 0.379 e. The number of hydrogen-bond acceptors (Lipinski definition) is 3. The number of nitrogens with two attached hydrogens (primary N) is 1. The minimum atomic E-state index is 0.355. The summed E-state index contributed by atoms with van der Waals surface area (Å²) in [5.41, 5.74) is 5.93. The van der Waals surface area contributed by atoms with E-state index in [1.54, 1.807) is 0 Å². The first-order chi connectivity index (χ1) is 5.83. The third-order valence-corrected chi connectivity index (χ3v) is 2.26. The molecule has 2 N–H and O–H groups in total. The molecule has 1 aliphatic rings. The zero-order valence-corrected chi connectivity index (χ0v) is 7.96. The highest BCUT2D eigenvalue weighted by atomic mass is 16.5. The molecule has 1 aliphatic heterocycles. The molecule has 0 aromatic carbocycles. The van der Waals surface area contributed by atoms with Gasteiger partial charge in [-0.15, -0.1) is 0 Å². The summed E-state index contributed by atoms with van der Waals surface area (Å²) in [7, 11) is 0. The Morgan fingerprint density at radius 1 is 1.42 bits per heavy atom. The van der Waals surface area contributed by atoms with Gasteiger partial charge >= 0.3 is 0 Å². The van der Waals surface area contributed by atoms with Crippen molar-refractivity contribution in [1.82, 2.24) is 4.90 Å². The van der Waals surface area contributed by atoms with Gasteiger partial charge in [-0.3, -0.25) is 4.90 Å². The Balaban J connectivity index is 2.11. The van der Waals surface area contributed by atoms with Crippen LogP contribution in [-0.4, -0.2) is 43.8 Å². The summed E-state index contributed by atoms with van der Waals surface area (Å²) in [5, 5.41) is 0. The Kier molecular flexibility index (Phi) is 4.58. The molecule has 0 bridgehead atoms. The lowest BCUT2D eigenvalue weighted by atomic mass is 10.1. The van der Waals surface area contributed by atoms with Crippen LogP contribution in [0.15, 0.2) is 0 Å². The van der Waals surface area contributed by atoms with Gasteiger partial charge in [0, 0.05) is 25.7 Å². The summed E-state index contributed by atoms with van der Waals surface area (Å²) in [6.45, 7) is 7.07. The maximum atomic E-state index is 5.93. The van der Waals surface area contributed by atoms with E-state index in [2.05, 4.69) is 11.8 Å². The van der Waals surface area contributed by atoms with Crippen molar-refractivity contribution in [2.75, 3.05) is 32.8 Å². The summed E-state index contributed by atoms with van der Waals surface area (Å²) < 4.78 is 5.26. The average molecular weight is 172 g/mol. The monoisotopic (exact) mass is 172 g/mol. The summed E-state index contributed by atoms with van der Waals surface area (Å²) in [6.07, 6.45) is 2.32. The molecule has 0 aromatic rings.